The lowest BCUT2D eigenvalue weighted by atomic mass is 9.83. The Hall–Kier alpha value is -1.10. The van der Waals surface area contributed by atoms with Crippen LogP contribution in [0.3, 0.4) is 0 Å². The van der Waals surface area contributed by atoms with Crippen LogP contribution in [0.25, 0.3) is 0 Å². The third kappa shape index (κ3) is 2.93. The van der Waals surface area contributed by atoms with E-state index >= 15 is 0 Å². The van der Waals surface area contributed by atoms with Gasteiger partial charge in [0.15, 0.2) is 0 Å². The van der Waals surface area contributed by atoms with Gasteiger partial charge in [0, 0.05) is 25.2 Å². The number of morpholine rings is 1. The van der Waals surface area contributed by atoms with Crippen molar-refractivity contribution >= 4 is 0 Å². The first kappa shape index (κ1) is 14.8. The molecule has 1 saturated heterocycles. The highest BCUT2D eigenvalue weighted by atomic mass is 16.5. The fraction of sp³-hybridized carbons (Fsp3) is 0.647. The second-order valence-corrected chi connectivity index (χ2v) is 6.78. The van der Waals surface area contributed by atoms with Crippen molar-refractivity contribution in [3.63, 3.8) is 0 Å². The topological polar surface area (TPSA) is 47.7 Å². The molecule has 2 N–H and O–H groups in total. The van der Waals surface area contributed by atoms with Crippen molar-refractivity contribution in [3.05, 3.63) is 29.3 Å². The van der Waals surface area contributed by atoms with E-state index in [4.69, 9.17) is 15.2 Å². The fourth-order valence-electron chi connectivity index (χ4n) is 3.67. The Morgan fingerprint density at radius 1 is 1.38 bits per heavy atom. The van der Waals surface area contributed by atoms with Gasteiger partial charge in [-0.3, -0.25) is 4.90 Å². The molecule has 1 fully saturated rings. The molecule has 1 heterocycles. The van der Waals surface area contributed by atoms with E-state index in [1.165, 1.54) is 11.1 Å². The summed E-state index contributed by atoms with van der Waals surface area (Å²) in [5.41, 5.74) is 9.13. The maximum atomic E-state index is 6.60. The predicted octanol–water partition coefficient (Wildman–Crippen LogP) is 2.12. The predicted molar refractivity (Wildman–Crippen MR) is 83.6 cm³/mol. The molecule has 3 rings (SSSR count). The average Bonchev–Trinajstić information content (AvgIpc) is 2.46. The van der Waals surface area contributed by atoms with Crippen LogP contribution in [-0.2, 0) is 11.2 Å². The van der Waals surface area contributed by atoms with Crippen molar-refractivity contribution in [3.8, 4) is 5.75 Å². The van der Waals surface area contributed by atoms with E-state index in [0.29, 0.717) is 6.04 Å². The summed E-state index contributed by atoms with van der Waals surface area (Å²) >= 11 is 0. The number of methoxy groups -OCH3 is 1. The molecule has 1 aliphatic heterocycles. The molecule has 0 saturated carbocycles. The van der Waals surface area contributed by atoms with Crippen molar-refractivity contribution in [2.24, 2.45) is 5.73 Å². The van der Waals surface area contributed by atoms with Crippen LogP contribution in [0, 0.1) is 0 Å². The monoisotopic (exact) mass is 290 g/mol. The van der Waals surface area contributed by atoms with Gasteiger partial charge >= 0.3 is 0 Å². The summed E-state index contributed by atoms with van der Waals surface area (Å²) < 4.78 is 11.2. The molecule has 4 nitrogen and oxygen atoms in total. The van der Waals surface area contributed by atoms with Gasteiger partial charge in [0.1, 0.15) is 5.75 Å². The minimum Gasteiger partial charge on any atom is -0.497 e. The molecule has 2 aliphatic rings. The first-order valence-corrected chi connectivity index (χ1v) is 7.80. The van der Waals surface area contributed by atoms with Crippen LogP contribution in [0.2, 0.25) is 0 Å². The number of rotatable bonds is 2. The van der Waals surface area contributed by atoms with E-state index in [0.717, 1.165) is 38.3 Å². The van der Waals surface area contributed by atoms with Gasteiger partial charge in [-0.15, -0.1) is 0 Å². The smallest absolute Gasteiger partial charge is 0.119 e. The van der Waals surface area contributed by atoms with E-state index in [-0.39, 0.29) is 11.6 Å². The Labute approximate surface area is 127 Å². The number of nitrogens with two attached hydrogens (primary N) is 1. The Morgan fingerprint density at radius 2 is 2.19 bits per heavy atom. The zero-order chi connectivity index (χ0) is 15.0. The Morgan fingerprint density at radius 3 is 2.90 bits per heavy atom. The molecule has 1 aromatic carbocycles. The highest BCUT2D eigenvalue weighted by Gasteiger charge is 2.36. The molecular weight excluding hydrogens is 264 g/mol. The number of nitrogens with zero attached hydrogens (tertiary/aromatic N) is 1. The lowest BCUT2D eigenvalue weighted by molar-refractivity contribution is -0.101. The number of aryl methyl sites for hydroxylation is 1. The van der Waals surface area contributed by atoms with Gasteiger partial charge in [-0.25, -0.2) is 0 Å². The SMILES string of the molecule is COc1ccc2c(c1)C(N)C(N1CCOC(C)(C)C1)CC2. The lowest BCUT2D eigenvalue weighted by Crippen LogP contribution is -2.55. The minimum absolute atomic E-state index is 0.0535. The Balaban J connectivity index is 1.82. The molecule has 0 bridgehead atoms. The van der Waals surface area contributed by atoms with Crippen molar-refractivity contribution in [1.29, 1.82) is 0 Å². The van der Waals surface area contributed by atoms with Gasteiger partial charge in [0.05, 0.1) is 19.3 Å². The molecule has 0 spiro atoms. The first-order valence-electron chi connectivity index (χ1n) is 7.80. The van der Waals surface area contributed by atoms with E-state index in [1.807, 2.05) is 6.07 Å². The van der Waals surface area contributed by atoms with Crippen molar-refractivity contribution in [2.45, 2.75) is 44.4 Å². The van der Waals surface area contributed by atoms with Crippen LogP contribution in [0.4, 0.5) is 0 Å². The molecule has 2 unspecified atom stereocenters. The third-order valence-electron chi connectivity index (χ3n) is 4.76. The van der Waals surface area contributed by atoms with E-state index in [9.17, 15) is 0 Å². The minimum atomic E-state index is -0.0768. The maximum absolute atomic E-state index is 6.60. The summed E-state index contributed by atoms with van der Waals surface area (Å²) in [6.07, 6.45) is 2.21. The number of fused-ring (bicyclic) bond motifs is 1. The zero-order valence-corrected chi connectivity index (χ0v) is 13.3. The van der Waals surface area contributed by atoms with Crippen LogP contribution in [0.15, 0.2) is 18.2 Å². The molecule has 2 atom stereocenters. The van der Waals surface area contributed by atoms with Crippen molar-refractivity contribution in [2.75, 3.05) is 26.8 Å². The van der Waals surface area contributed by atoms with Crippen LogP contribution in [0.5, 0.6) is 5.75 Å². The van der Waals surface area contributed by atoms with Gasteiger partial charge < -0.3 is 15.2 Å². The molecular formula is C17H26N2O2. The van der Waals surface area contributed by atoms with Crippen molar-refractivity contribution in [1.82, 2.24) is 4.90 Å². The van der Waals surface area contributed by atoms with E-state index in [1.54, 1.807) is 7.11 Å². The summed E-state index contributed by atoms with van der Waals surface area (Å²) in [4.78, 5) is 2.51. The normalized spacial score (nSPS) is 29.0. The maximum Gasteiger partial charge on any atom is 0.119 e. The van der Waals surface area contributed by atoms with Crippen molar-refractivity contribution < 1.29 is 9.47 Å². The highest BCUT2D eigenvalue weighted by Crippen LogP contribution is 2.35. The van der Waals surface area contributed by atoms with Crippen LogP contribution < -0.4 is 10.5 Å². The second kappa shape index (κ2) is 5.59. The quantitative estimate of drug-likeness (QED) is 0.906. The Kier molecular flexibility index (Phi) is 3.95. The molecule has 0 amide bonds. The summed E-state index contributed by atoms with van der Waals surface area (Å²) in [5.74, 6) is 0.896. The third-order valence-corrected chi connectivity index (χ3v) is 4.76. The number of ether oxygens (including phenoxy) is 2. The van der Waals surface area contributed by atoms with Gasteiger partial charge in [-0.05, 0) is 49.9 Å². The molecule has 4 heteroatoms. The van der Waals surface area contributed by atoms with E-state index < -0.39 is 0 Å². The van der Waals surface area contributed by atoms with E-state index in [2.05, 4.69) is 30.9 Å². The van der Waals surface area contributed by atoms with Crippen LogP contribution in [0.1, 0.15) is 37.4 Å². The fourth-order valence-corrected chi connectivity index (χ4v) is 3.67. The summed E-state index contributed by atoms with van der Waals surface area (Å²) in [5, 5.41) is 0. The Bertz CT molecular complexity index is 516. The van der Waals surface area contributed by atoms with Gasteiger partial charge in [-0.2, -0.15) is 0 Å². The molecule has 0 radical (unpaired) electrons. The van der Waals surface area contributed by atoms with Crippen LogP contribution >= 0.6 is 0 Å². The van der Waals surface area contributed by atoms with Crippen LogP contribution in [-0.4, -0.2) is 43.3 Å². The number of benzene rings is 1. The summed E-state index contributed by atoms with van der Waals surface area (Å²) in [6.45, 7) is 7.03. The first-order chi connectivity index (χ1) is 10.00. The lowest BCUT2D eigenvalue weighted by Gasteiger charge is -2.45. The molecule has 1 aliphatic carbocycles. The average molecular weight is 290 g/mol. The standard InChI is InChI=1S/C17H26N2O2/c1-17(2)11-19(8-9-21-17)15-7-5-12-4-6-13(20-3)10-14(12)16(15)18/h4,6,10,15-16H,5,7-9,11,18H2,1-3H3. The van der Waals surface area contributed by atoms with Gasteiger partial charge in [0.25, 0.3) is 0 Å². The number of hydrogen-bond acceptors (Lipinski definition) is 4. The molecule has 1 aromatic rings. The zero-order valence-electron chi connectivity index (χ0n) is 13.3. The molecule has 116 valence electrons. The van der Waals surface area contributed by atoms with Gasteiger partial charge in [0.2, 0.25) is 0 Å². The van der Waals surface area contributed by atoms with Gasteiger partial charge in [-0.1, -0.05) is 6.07 Å². The number of hydrogen-bond donors (Lipinski definition) is 1. The largest absolute Gasteiger partial charge is 0.497 e. The molecule has 0 aromatic heterocycles. The summed E-state index contributed by atoms with van der Waals surface area (Å²) in [7, 11) is 1.71. The highest BCUT2D eigenvalue weighted by molar-refractivity contribution is 5.40. The molecule has 21 heavy (non-hydrogen) atoms. The summed E-state index contributed by atoms with van der Waals surface area (Å²) in [6, 6.07) is 6.75. The second-order valence-electron chi connectivity index (χ2n) is 6.78.